The highest BCUT2D eigenvalue weighted by molar-refractivity contribution is 6.04. The monoisotopic (exact) mass is 304 g/mol. The molecular weight excluding hydrogens is 296 g/mol. The van der Waals surface area contributed by atoms with Crippen LogP contribution in [0.4, 0.5) is 11.8 Å². The van der Waals surface area contributed by atoms with Crippen molar-refractivity contribution in [1.29, 1.82) is 0 Å². The molecular formula is C13H8N2O7. The molecule has 0 radical (unpaired) electrons. The summed E-state index contributed by atoms with van der Waals surface area (Å²) in [5.74, 6) is -0.988. The van der Waals surface area contributed by atoms with Gasteiger partial charge in [0.05, 0.1) is 12.1 Å². The highest BCUT2D eigenvalue weighted by Gasteiger charge is 2.11. The maximum atomic E-state index is 11.5. The molecule has 0 atom stereocenters. The van der Waals surface area contributed by atoms with Crippen molar-refractivity contribution in [2.24, 2.45) is 0 Å². The van der Waals surface area contributed by atoms with E-state index < -0.39 is 27.4 Å². The number of rotatable bonds is 6. The molecule has 0 bridgehead atoms. The number of furan rings is 2. The van der Waals surface area contributed by atoms with Crippen LogP contribution < -0.4 is 0 Å². The van der Waals surface area contributed by atoms with Gasteiger partial charge in [-0.15, -0.1) is 0 Å². The average Bonchev–Trinajstić information content (AvgIpc) is 3.12. The Morgan fingerprint density at radius 2 is 1.27 bits per heavy atom. The lowest BCUT2D eigenvalue weighted by molar-refractivity contribution is -0.402. The van der Waals surface area contributed by atoms with Crippen molar-refractivity contribution in [2.45, 2.75) is 0 Å². The summed E-state index contributed by atoms with van der Waals surface area (Å²) in [7, 11) is 0. The molecule has 9 heteroatoms. The van der Waals surface area contributed by atoms with Crippen LogP contribution in [-0.2, 0) is 4.79 Å². The first-order valence-corrected chi connectivity index (χ1v) is 5.84. The predicted molar refractivity (Wildman–Crippen MR) is 73.8 cm³/mol. The highest BCUT2D eigenvalue weighted by atomic mass is 16.7. The van der Waals surface area contributed by atoms with Gasteiger partial charge in [-0.3, -0.25) is 25.0 Å². The second-order valence-corrected chi connectivity index (χ2v) is 3.94. The Morgan fingerprint density at radius 3 is 1.59 bits per heavy atom. The van der Waals surface area contributed by atoms with Gasteiger partial charge in [0.25, 0.3) is 0 Å². The lowest BCUT2D eigenvalue weighted by Gasteiger charge is -1.85. The normalized spacial score (nSPS) is 11.3. The van der Waals surface area contributed by atoms with Gasteiger partial charge < -0.3 is 8.83 Å². The van der Waals surface area contributed by atoms with Crippen LogP contribution in [0.15, 0.2) is 45.3 Å². The molecule has 2 aromatic heterocycles. The lowest BCUT2D eigenvalue weighted by Crippen LogP contribution is -1.84. The Balaban J connectivity index is 1.98. The Kier molecular flexibility index (Phi) is 4.27. The molecule has 0 aliphatic heterocycles. The smallest absolute Gasteiger partial charge is 0.401 e. The first-order chi connectivity index (χ1) is 10.5. The molecule has 2 aromatic rings. The molecule has 0 saturated heterocycles. The van der Waals surface area contributed by atoms with Gasteiger partial charge in [-0.25, -0.2) is 0 Å². The first kappa shape index (κ1) is 14.9. The van der Waals surface area contributed by atoms with Crippen molar-refractivity contribution in [3.8, 4) is 0 Å². The van der Waals surface area contributed by atoms with E-state index in [0.717, 1.165) is 12.2 Å². The molecule has 0 fully saturated rings. The van der Waals surface area contributed by atoms with Gasteiger partial charge in [0.2, 0.25) is 0 Å². The van der Waals surface area contributed by atoms with Gasteiger partial charge in [0, 0.05) is 0 Å². The summed E-state index contributed by atoms with van der Waals surface area (Å²) in [6.07, 6.45) is 4.81. The fraction of sp³-hybridized carbons (Fsp3) is 0. The molecule has 22 heavy (non-hydrogen) atoms. The van der Waals surface area contributed by atoms with Gasteiger partial charge in [-0.1, -0.05) is 0 Å². The van der Waals surface area contributed by atoms with Crippen LogP contribution in [0.2, 0.25) is 0 Å². The predicted octanol–water partition coefficient (Wildman–Crippen LogP) is 2.98. The minimum atomic E-state index is -0.692. The quantitative estimate of drug-likeness (QED) is 0.455. The highest BCUT2D eigenvalue weighted by Crippen LogP contribution is 2.18. The maximum Gasteiger partial charge on any atom is 0.433 e. The lowest BCUT2D eigenvalue weighted by atomic mass is 10.3. The molecule has 9 nitrogen and oxygen atoms in total. The van der Waals surface area contributed by atoms with Crippen LogP contribution in [0.25, 0.3) is 12.2 Å². The maximum absolute atomic E-state index is 11.5. The number of ketones is 1. The second-order valence-electron chi connectivity index (χ2n) is 3.94. The summed E-state index contributed by atoms with van der Waals surface area (Å²) in [4.78, 5) is 31.0. The summed E-state index contributed by atoms with van der Waals surface area (Å²) in [5.41, 5.74) is 0. The Bertz CT molecular complexity index is 718. The third-order valence-electron chi connectivity index (χ3n) is 2.41. The molecule has 0 spiro atoms. The minimum Gasteiger partial charge on any atom is -0.401 e. The van der Waals surface area contributed by atoms with Gasteiger partial charge in [0.15, 0.2) is 5.78 Å². The minimum absolute atomic E-state index is 0.155. The Hall–Kier alpha value is -3.49. The van der Waals surface area contributed by atoms with Crippen molar-refractivity contribution >= 4 is 29.7 Å². The van der Waals surface area contributed by atoms with Crippen LogP contribution in [0.5, 0.6) is 0 Å². The summed E-state index contributed by atoms with van der Waals surface area (Å²) < 4.78 is 9.66. The Labute approximate surface area is 122 Å². The SMILES string of the molecule is O=C(/C=C\c1ccc([N+](=O)[O-])o1)/C=C/c1ccc([N+](=O)[O-])o1. The van der Waals surface area contributed by atoms with E-state index in [-0.39, 0.29) is 11.5 Å². The molecule has 0 unspecified atom stereocenters. The van der Waals surface area contributed by atoms with E-state index in [4.69, 9.17) is 8.83 Å². The molecule has 0 aromatic carbocycles. The number of carbonyl (C=O) groups excluding carboxylic acids is 1. The molecule has 0 amide bonds. The number of carbonyl (C=O) groups is 1. The molecule has 0 aliphatic carbocycles. The fourth-order valence-electron chi connectivity index (χ4n) is 1.44. The molecule has 0 N–H and O–H groups in total. The van der Waals surface area contributed by atoms with Crippen molar-refractivity contribution in [3.63, 3.8) is 0 Å². The summed E-state index contributed by atoms with van der Waals surface area (Å²) in [5, 5.41) is 20.8. The largest absolute Gasteiger partial charge is 0.433 e. The summed E-state index contributed by atoms with van der Waals surface area (Å²) in [6.45, 7) is 0. The number of hydrogen-bond donors (Lipinski definition) is 0. The van der Waals surface area contributed by atoms with Crippen LogP contribution in [0.3, 0.4) is 0 Å². The van der Waals surface area contributed by atoms with E-state index in [2.05, 4.69) is 0 Å². The van der Waals surface area contributed by atoms with E-state index in [1.165, 1.54) is 36.4 Å². The molecule has 2 rings (SSSR count). The van der Waals surface area contributed by atoms with Crippen molar-refractivity contribution in [1.82, 2.24) is 0 Å². The van der Waals surface area contributed by atoms with E-state index in [1.807, 2.05) is 0 Å². The van der Waals surface area contributed by atoms with Crippen molar-refractivity contribution < 1.29 is 23.5 Å². The number of nitrogens with zero attached hydrogens (tertiary/aromatic N) is 2. The number of hydrogen-bond acceptors (Lipinski definition) is 7. The van der Waals surface area contributed by atoms with Crippen LogP contribution in [0, 0.1) is 20.2 Å². The Morgan fingerprint density at radius 1 is 0.864 bits per heavy atom. The van der Waals surface area contributed by atoms with Crippen LogP contribution >= 0.6 is 0 Å². The second kappa shape index (κ2) is 6.31. The standard InChI is InChI=1S/C13H8N2O7/c16-9(1-3-10-5-7-12(21-10)14(17)18)2-4-11-6-8-13(22-11)15(19)20/h1-8H/b3-1-,4-2+. The van der Waals surface area contributed by atoms with Gasteiger partial charge in [0.1, 0.15) is 21.4 Å². The van der Waals surface area contributed by atoms with Gasteiger partial charge in [-0.2, -0.15) is 0 Å². The third-order valence-corrected chi connectivity index (χ3v) is 2.41. The zero-order chi connectivity index (χ0) is 16.1. The average molecular weight is 304 g/mol. The van der Waals surface area contributed by atoms with E-state index in [1.54, 1.807) is 0 Å². The van der Waals surface area contributed by atoms with Crippen molar-refractivity contribution in [2.75, 3.05) is 0 Å². The summed E-state index contributed by atoms with van der Waals surface area (Å²) >= 11 is 0. The van der Waals surface area contributed by atoms with Crippen molar-refractivity contribution in [3.05, 3.63) is 68.2 Å². The van der Waals surface area contributed by atoms with E-state index in [9.17, 15) is 25.0 Å². The van der Waals surface area contributed by atoms with E-state index >= 15 is 0 Å². The first-order valence-electron chi connectivity index (χ1n) is 5.84. The number of allylic oxidation sites excluding steroid dienone is 2. The van der Waals surface area contributed by atoms with Crippen LogP contribution in [-0.4, -0.2) is 15.6 Å². The zero-order valence-corrected chi connectivity index (χ0v) is 10.9. The van der Waals surface area contributed by atoms with Crippen LogP contribution in [0.1, 0.15) is 11.5 Å². The summed E-state index contributed by atoms with van der Waals surface area (Å²) in [6, 6.07) is 5.03. The van der Waals surface area contributed by atoms with E-state index in [0.29, 0.717) is 0 Å². The molecule has 2 heterocycles. The topological polar surface area (TPSA) is 130 Å². The zero-order valence-electron chi connectivity index (χ0n) is 10.9. The molecule has 0 aliphatic rings. The molecule has 0 saturated carbocycles. The van der Waals surface area contributed by atoms with Gasteiger partial charge >= 0.3 is 11.8 Å². The molecule has 112 valence electrons. The third kappa shape index (κ3) is 3.76. The van der Waals surface area contributed by atoms with Gasteiger partial charge in [-0.05, 0) is 36.4 Å². The fourth-order valence-corrected chi connectivity index (χ4v) is 1.44. The number of nitro groups is 2.